The van der Waals surface area contributed by atoms with Crippen LogP contribution in [-0.4, -0.2) is 12.9 Å². The number of halogens is 1. The molecule has 1 aliphatic rings. The van der Waals surface area contributed by atoms with E-state index in [1.165, 1.54) is 5.57 Å². The van der Waals surface area contributed by atoms with Gasteiger partial charge in [-0.1, -0.05) is 72.3 Å². The molecule has 0 aliphatic heterocycles. The zero-order chi connectivity index (χ0) is 20.4. The first kappa shape index (κ1) is 19.5. The summed E-state index contributed by atoms with van der Waals surface area (Å²) < 4.78 is 5.62. The van der Waals surface area contributed by atoms with E-state index in [0.717, 1.165) is 34.4 Å². The van der Waals surface area contributed by atoms with Gasteiger partial charge in [0.25, 0.3) is 0 Å². The first-order chi connectivity index (χ1) is 14.1. The lowest BCUT2D eigenvalue weighted by atomic mass is 9.82. The van der Waals surface area contributed by atoms with E-state index in [0.29, 0.717) is 5.02 Å². The van der Waals surface area contributed by atoms with Crippen molar-refractivity contribution in [3.63, 3.8) is 0 Å². The van der Waals surface area contributed by atoms with Gasteiger partial charge in [-0.2, -0.15) is 0 Å². The van der Waals surface area contributed by atoms with E-state index in [1.807, 2.05) is 73.7 Å². The Morgan fingerprint density at radius 2 is 1.66 bits per heavy atom. The number of carbonyl (C=O) groups excluding carboxylic acids is 1. The Morgan fingerprint density at radius 3 is 2.38 bits per heavy atom. The maximum absolute atomic E-state index is 13.6. The van der Waals surface area contributed by atoms with Crippen molar-refractivity contribution >= 4 is 23.0 Å². The van der Waals surface area contributed by atoms with Crippen molar-refractivity contribution in [2.45, 2.75) is 19.3 Å². The number of allylic oxidation sites excluding steroid dienone is 2. The highest BCUT2D eigenvalue weighted by molar-refractivity contribution is 6.30. The molecule has 0 bridgehead atoms. The number of ketones is 1. The standard InChI is InChI=1S/C26H23ClO2/c1-17-7-3-4-8-21(17)26(28)24-16-19(18-11-13-20(27)14-12-18)15-23(24)22-9-5-6-10-25(22)29-2/h3-14,16,23-24H,15H2,1-2H3. The molecule has 0 amide bonds. The van der Waals surface area contributed by atoms with Crippen molar-refractivity contribution in [2.24, 2.45) is 5.92 Å². The number of para-hydroxylation sites is 1. The van der Waals surface area contributed by atoms with Gasteiger partial charge in [-0.15, -0.1) is 0 Å². The summed E-state index contributed by atoms with van der Waals surface area (Å²) in [5.74, 6) is 0.774. The lowest BCUT2D eigenvalue weighted by Gasteiger charge is -2.22. The molecule has 0 radical (unpaired) electrons. The summed E-state index contributed by atoms with van der Waals surface area (Å²) in [5.41, 5.74) is 5.14. The zero-order valence-electron chi connectivity index (χ0n) is 16.6. The van der Waals surface area contributed by atoms with Crippen molar-refractivity contribution < 1.29 is 9.53 Å². The molecule has 0 heterocycles. The molecule has 29 heavy (non-hydrogen) atoms. The molecule has 4 rings (SSSR count). The van der Waals surface area contributed by atoms with Gasteiger partial charge in [-0.3, -0.25) is 4.79 Å². The third-order valence-electron chi connectivity index (χ3n) is 5.72. The second kappa shape index (κ2) is 8.26. The fourth-order valence-corrected chi connectivity index (χ4v) is 4.33. The number of aryl methyl sites for hydroxylation is 1. The van der Waals surface area contributed by atoms with Crippen LogP contribution in [0.2, 0.25) is 5.02 Å². The lowest BCUT2D eigenvalue weighted by Crippen LogP contribution is -2.19. The van der Waals surface area contributed by atoms with Crippen molar-refractivity contribution in [1.82, 2.24) is 0 Å². The number of rotatable bonds is 5. The molecule has 1 aliphatic carbocycles. The van der Waals surface area contributed by atoms with E-state index in [1.54, 1.807) is 7.11 Å². The maximum Gasteiger partial charge on any atom is 0.170 e. The molecular formula is C26H23ClO2. The summed E-state index contributed by atoms with van der Waals surface area (Å²) in [6.07, 6.45) is 2.92. The van der Waals surface area contributed by atoms with E-state index < -0.39 is 0 Å². The number of benzene rings is 3. The van der Waals surface area contributed by atoms with Crippen LogP contribution < -0.4 is 4.74 Å². The SMILES string of the molecule is COc1ccccc1C1CC(c2ccc(Cl)cc2)=CC1C(=O)c1ccccc1C. The normalized spacial score (nSPS) is 18.4. The average Bonchev–Trinajstić information content (AvgIpc) is 3.19. The second-order valence-corrected chi connectivity index (χ2v) is 7.89. The minimum atomic E-state index is -0.238. The lowest BCUT2D eigenvalue weighted by molar-refractivity contribution is 0.0934. The minimum absolute atomic E-state index is 0.0314. The van der Waals surface area contributed by atoms with Crippen molar-refractivity contribution in [2.75, 3.05) is 7.11 Å². The summed E-state index contributed by atoms with van der Waals surface area (Å²) in [6, 6.07) is 23.6. The van der Waals surface area contributed by atoms with Gasteiger partial charge in [-0.25, -0.2) is 0 Å². The van der Waals surface area contributed by atoms with Crippen LogP contribution in [0, 0.1) is 12.8 Å². The van der Waals surface area contributed by atoms with Crippen molar-refractivity contribution in [1.29, 1.82) is 0 Å². The molecule has 0 saturated carbocycles. The second-order valence-electron chi connectivity index (χ2n) is 7.46. The fourth-order valence-electron chi connectivity index (χ4n) is 4.21. The topological polar surface area (TPSA) is 26.3 Å². The molecule has 3 aromatic rings. The Kier molecular flexibility index (Phi) is 5.55. The Balaban J connectivity index is 1.78. The van der Waals surface area contributed by atoms with E-state index in [9.17, 15) is 4.79 Å². The van der Waals surface area contributed by atoms with Gasteiger partial charge >= 0.3 is 0 Å². The molecule has 0 aromatic heterocycles. The maximum atomic E-state index is 13.6. The molecule has 2 atom stereocenters. The molecule has 0 fully saturated rings. The third kappa shape index (κ3) is 3.86. The summed E-state index contributed by atoms with van der Waals surface area (Å²) in [6.45, 7) is 1.99. The molecule has 2 unspecified atom stereocenters. The van der Waals surface area contributed by atoms with Crippen molar-refractivity contribution in [3.8, 4) is 5.75 Å². The highest BCUT2D eigenvalue weighted by Crippen LogP contribution is 2.46. The highest BCUT2D eigenvalue weighted by atomic mass is 35.5. The van der Waals surface area contributed by atoms with Gasteiger partial charge in [0.2, 0.25) is 0 Å². The molecule has 146 valence electrons. The van der Waals surface area contributed by atoms with Crippen LogP contribution in [0.4, 0.5) is 0 Å². The van der Waals surface area contributed by atoms with Gasteiger partial charge < -0.3 is 4.74 Å². The van der Waals surface area contributed by atoms with Crippen LogP contribution >= 0.6 is 11.6 Å². The number of methoxy groups -OCH3 is 1. The molecule has 0 spiro atoms. The minimum Gasteiger partial charge on any atom is -0.496 e. The van der Waals surface area contributed by atoms with Gasteiger partial charge in [-0.05, 0) is 53.8 Å². The molecular weight excluding hydrogens is 380 g/mol. The van der Waals surface area contributed by atoms with Gasteiger partial charge in [0, 0.05) is 22.4 Å². The van der Waals surface area contributed by atoms with Gasteiger partial charge in [0.15, 0.2) is 5.78 Å². The number of hydrogen-bond donors (Lipinski definition) is 0. The van der Waals surface area contributed by atoms with Crippen LogP contribution in [0.5, 0.6) is 5.75 Å². The summed E-state index contributed by atoms with van der Waals surface area (Å²) >= 11 is 6.07. The molecule has 3 heteroatoms. The van der Waals surface area contributed by atoms with E-state index >= 15 is 0 Å². The van der Waals surface area contributed by atoms with E-state index in [-0.39, 0.29) is 17.6 Å². The molecule has 0 saturated heterocycles. The van der Waals surface area contributed by atoms with Crippen LogP contribution in [0.25, 0.3) is 5.57 Å². The zero-order valence-corrected chi connectivity index (χ0v) is 17.3. The van der Waals surface area contributed by atoms with Crippen LogP contribution in [0.3, 0.4) is 0 Å². The monoisotopic (exact) mass is 402 g/mol. The summed E-state index contributed by atoms with van der Waals surface area (Å²) in [5, 5.41) is 0.709. The van der Waals surface area contributed by atoms with E-state index in [2.05, 4.69) is 12.1 Å². The summed E-state index contributed by atoms with van der Waals surface area (Å²) in [4.78, 5) is 13.6. The van der Waals surface area contributed by atoms with Crippen molar-refractivity contribution in [3.05, 3.63) is 106 Å². The number of Topliss-reactive ketones (excluding diaryl/α,β-unsaturated/α-hetero) is 1. The molecule has 0 N–H and O–H groups in total. The Morgan fingerprint density at radius 1 is 0.966 bits per heavy atom. The van der Waals surface area contributed by atoms with Gasteiger partial charge in [0.05, 0.1) is 7.11 Å². The largest absolute Gasteiger partial charge is 0.496 e. The van der Waals surface area contributed by atoms with Crippen LogP contribution in [0.1, 0.15) is 39.4 Å². The highest BCUT2D eigenvalue weighted by Gasteiger charge is 2.36. The van der Waals surface area contributed by atoms with Gasteiger partial charge in [0.1, 0.15) is 5.75 Å². The quantitative estimate of drug-likeness (QED) is 0.442. The number of carbonyl (C=O) groups is 1. The number of hydrogen-bond acceptors (Lipinski definition) is 2. The Labute approximate surface area is 176 Å². The third-order valence-corrected chi connectivity index (χ3v) is 5.97. The van der Waals surface area contributed by atoms with Crippen LogP contribution in [0.15, 0.2) is 78.9 Å². The summed E-state index contributed by atoms with van der Waals surface area (Å²) in [7, 11) is 1.68. The predicted molar refractivity (Wildman–Crippen MR) is 119 cm³/mol. The first-order valence-corrected chi connectivity index (χ1v) is 10.2. The Bertz CT molecular complexity index is 1070. The fraction of sp³-hybridized carbons (Fsp3) is 0.192. The van der Waals surface area contributed by atoms with Crippen LogP contribution in [-0.2, 0) is 0 Å². The first-order valence-electron chi connectivity index (χ1n) is 9.78. The molecule has 2 nitrogen and oxygen atoms in total. The predicted octanol–water partition coefficient (Wildman–Crippen LogP) is 6.73. The number of ether oxygens (including phenoxy) is 1. The average molecular weight is 403 g/mol. The smallest absolute Gasteiger partial charge is 0.170 e. The Hall–Kier alpha value is -2.84. The van der Waals surface area contributed by atoms with E-state index in [4.69, 9.17) is 16.3 Å². The molecule has 3 aromatic carbocycles.